The van der Waals surface area contributed by atoms with Crippen LogP contribution in [0.3, 0.4) is 0 Å². The summed E-state index contributed by atoms with van der Waals surface area (Å²) < 4.78 is 64.8. The van der Waals surface area contributed by atoms with E-state index in [0.29, 0.717) is 6.07 Å². The minimum Gasteiger partial charge on any atom is -0.349 e. The number of amides is 1. The average Bonchev–Trinajstić information content (AvgIpc) is 2.59. The maximum atomic E-state index is 12.7. The molecule has 2 N–H and O–H groups in total. The van der Waals surface area contributed by atoms with Crippen LogP contribution in [0.1, 0.15) is 15.9 Å². The lowest BCUT2D eigenvalue weighted by atomic mass is 10.2. The number of hydrogen-bond donors (Lipinski definition) is 2. The first-order valence-electron chi connectivity index (χ1n) is 7.33. The van der Waals surface area contributed by atoms with Crippen molar-refractivity contribution in [2.45, 2.75) is 11.1 Å². The lowest BCUT2D eigenvalue weighted by Crippen LogP contribution is -2.23. The number of rotatable bonds is 6. The van der Waals surface area contributed by atoms with Gasteiger partial charge in [-0.1, -0.05) is 12.1 Å². The van der Waals surface area contributed by atoms with Crippen LogP contribution < -0.4 is 10.0 Å². The predicted molar refractivity (Wildman–Crippen MR) is 91.2 cm³/mol. The third kappa shape index (κ3) is 4.85. The molecule has 0 spiro atoms. The minimum atomic E-state index is -4.58. The summed E-state index contributed by atoms with van der Waals surface area (Å²) in [5, 5.41) is 2.54. The molecule has 0 aliphatic rings. The molecule has 0 heterocycles. The molecule has 2 aromatic rings. The van der Waals surface area contributed by atoms with E-state index in [0.717, 1.165) is 12.1 Å². The molecule has 0 aromatic heterocycles. The van der Waals surface area contributed by atoms with E-state index in [2.05, 4.69) is 16.6 Å². The Balaban J connectivity index is 2.20. The molecule has 0 bridgehead atoms. The van der Waals surface area contributed by atoms with E-state index in [1.165, 1.54) is 36.4 Å². The van der Waals surface area contributed by atoms with Crippen LogP contribution in [0.4, 0.5) is 18.9 Å². The van der Waals surface area contributed by atoms with Crippen molar-refractivity contribution in [1.82, 2.24) is 5.32 Å². The summed E-state index contributed by atoms with van der Waals surface area (Å²) in [6.45, 7) is 3.72. The van der Waals surface area contributed by atoms with Crippen molar-refractivity contribution in [1.29, 1.82) is 0 Å². The normalized spacial score (nSPS) is 11.7. The highest BCUT2D eigenvalue weighted by Gasteiger charge is 2.30. The van der Waals surface area contributed by atoms with E-state index < -0.39 is 27.7 Å². The number of nitrogens with one attached hydrogen (secondary N) is 2. The van der Waals surface area contributed by atoms with Gasteiger partial charge in [-0.2, -0.15) is 13.2 Å². The molecule has 2 rings (SSSR count). The fraction of sp³-hybridized carbons (Fsp3) is 0.118. The zero-order chi connectivity index (χ0) is 19.4. The van der Waals surface area contributed by atoms with E-state index in [9.17, 15) is 26.4 Å². The Labute approximate surface area is 148 Å². The number of halogens is 3. The monoisotopic (exact) mass is 384 g/mol. The Morgan fingerprint density at radius 2 is 1.77 bits per heavy atom. The molecule has 26 heavy (non-hydrogen) atoms. The molecule has 0 unspecified atom stereocenters. The Morgan fingerprint density at radius 1 is 1.12 bits per heavy atom. The number of hydrogen-bond acceptors (Lipinski definition) is 3. The number of alkyl halides is 3. The van der Waals surface area contributed by atoms with Gasteiger partial charge in [0.2, 0.25) is 0 Å². The zero-order valence-electron chi connectivity index (χ0n) is 13.4. The molecular weight excluding hydrogens is 369 g/mol. The van der Waals surface area contributed by atoms with Gasteiger partial charge < -0.3 is 5.32 Å². The van der Waals surface area contributed by atoms with Crippen LogP contribution in [0.15, 0.2) is 66.1 Å². The van der Waals surface area contributed by atoms with Gasteiger partial charge >= 0.3 is 6.18 Å². The second-order valence-corrected chi connectivity index (χ2v) is 6.89. The van der Waals surface area contributed by atoms with Crippen LogP contribution in [0.25, 0.3) is 0 Å². The summed E-state index contributed by atoms with van der Waals surface area (Å²) in [5.74, 6) is -0.403. The Kier molecular flexibility index (Phi) is 5.71. The number of benzene rings is 2. The number of carbonyl (C=O) groups is 1. The summed E-state index contributed by atoms with van der Waals surface area (Å²) in [5.41, 5.74) is -0.940. The van der Waals surface area contributed by atoms with Crippen molar-refractivity contribution < 1.29 is 26.4 Å². The molecule has 0 saturated heterocycles. The predicted octanol–water partition coefficient (Wildman–Crippen LogP) is 3.42. The SMILES string of the molecule is C=CCNC(=O)c1ccc(S(=O)(=O)Nc2cccc(C(F)(F)F)c2)cc1. The highest BCUT2D eigenvalue weighted by atomic mass is 32.2. The van der Waals surface area contributed by atoms with Crippen LogP contribution in [0, 0.1) is 0 Å². The molecule has 0 fully saturated rings. The molecule has 1 amide bonds. The van der Waals surface area contributed by atoms with Crippen molar-refractivity contribution in [2.75, 3.05) is 11.3 Å². The van der Waals surface area contributed by atoms with Crippen LogP contribution in [0.5, 0.6) is 0 Å². The maximum Gasteiger partial charge on any atom is 0.416 e. The number of anilines is 1. The molecule has 5 nitrogen and oxygen atoms in total. The number of sulfonamides is 1. The summed E-state index contributed by atoms with van der Waals surface area (Å²) in [6.07, 6.45) is -3.09. The van der Waals surface area contributed by atoms with Gasteiger partial charge in [-0.25, -0.2) is 8.42 Å². The first-order valence-corrected chi connectivity index (χ1v) is 8.81. The van der Waals surface area contributed by atoms with Crippen LogP contribution in [-0.2, 0) is 16.2 Å². The van der Waals surface area contributed by atoms with Gasteiger partial charge in [0.05, 0.1) is 10.5 Å². The molecule has 0 radical (unpaired) electrons. The lowest BCUT2D eigenvalue weighted by Gasteiger charge is -2.11. The molecule has 0 atom stereocenters. The van der Waals surface area contributed by atoms with Gasteiger partial charge in [0, 0.05) is 17.8 Å². The largest absolute Gasteiger partial charge is 0.416 e. The molecular formula is C17H15F3N2O3S. The highest BCUT2D eigenvalue weighted by Crippen LogP contribution is 2.31. The van der Waals surface area contributed by atoms with Gasteiger partial charge in [-0.3, -0.25) is 9.52 Å². The summed E-state index contributed by atoms with van der Waals surface area (Å²) in [6, 6.07) is 8.86. The highest BCUT2D eigenvalue weighted by molar-refractivity contribution is 7.92. The van der Waals surface area contributed by atoms with Crippen LogP contribution >= 0.6 is 0 Å². The third-order valence-corrected chi connectivity index (χ3v) is 4.67. The summed E-state index contributed by atoms with van der Waals surface area (Å²) in [7, 11) is -4.10. The Morgan fingerprint density at radius 3 is 2.35 bits per heavy atom. The number of carbonyl (C=O) groups excluding carboxylic acids is 1. The van der Waals surface area contributed by atoms with E-state index in [4.69, 9.17) is 0 Å². The smallest absolute Gasteiger partial charge is 0.349 e. The molecule has 0 saturated carbocycles. The fourth-order valence-electron chi connectivity index (χ4n) is 2.03. The van der Waals surface area contributed by atoms with Crippen LogP contribution in [-0.4, -0.2) is 20.9 Å². The third-order valence-electron chi connectivity index (χ3n) is 3.28. The summed E-state index contributed by atoms with van der Waals surface area (Å²) in [4.78, 5) is 11.6. The van der Waals surface area contributed by atoms with Gasteiger partial charge in [0.15, 0.2) is 0 Å². The molecule has 2 aromatic carbocycles. The van der Waals surface area contributed by atoms with E-state index in [1.54, 1.807) is 0 Å². The first kappa shape index (κ1) is 19.5. The van der Waals surface area contributed by atoms with E-state index in [1.807, 2.05) is 0 Å². The van der Waals surface area contributed by atoms with Gasteiger partial charge in [0.1, 0.15) is 0 Å². The average molecular weight is 384 g/mol. The van der Waals surface area contributed by atoms with Crippen molar-refractivity contribution in [2.24, 2.45) is 0 Å². The van der Waals surface area contributed by atoms with Crippen LogP contribution in [0.2, 0.25) is 0 Å². The minimum absolute atomic E-state index is 0.185. The quantitative estimate of drug-likeness (QED) is 0.750. The van der Waals surface area contributed by atoms with E-state index >= 15 is 0 Å². The second-order valence-electron chi connectivity index (χ2n) is 5.21. The van der Waals surface area contributed by atoms with Gasteiger partial charge in [-0.05, 0) is 42.5 Å². The zero-order valence-corrected chi connectivity index (χ0v) is 14.2. The topological polar surface area (TPSA) is 75.3 Å². The van der Waals surface area contributed by atoms with Crippen molar-refractivity contribution in [3.8, 4) is 0 Å². The molecule has 9 heteroatoms. The fourth-order valence-corrected chi connectivity index (χ4v) is 3.07. The van der Waals surface area contributed by atoms with Crippen molar-refractivity contribution in [3.63, 3.8) is 0 Å². The van der Waals surface area contributed by atoms with Gasteiger partial charge in [0.25, 0.3) is 15.9 Å². The summed E-state index contributed by atoms with van der Waals surface area (Å²) >= 11 is 0. The van der Waals surface area contributed by atoms with E-state index in [-0.39, 0.29) is 22.7 Å². The molecule has 0 aliphatic heterocycles. The maximum absolute atomic E-state index is 12.7. The van der Waals surface area contributed by atoms with Crippen molar-refractivity contribution in [3.05, 3.63) is 72.3 Å². The lowest BCUT2D eigenvalue weighted by molar-refractivity contribution is -0.137. The molecule has 0 aliphatic carbocycles. The Bertz CT molecular complexity index is 908. The van der Waals surface area contributed by atoms with Gasteiger partial charge in [-0.15, -0.1) is 6.58 Å². The standard InChI is InChI=1S/C17H15F3N2O3S/c1-2-10-21-16(23)12-6-8-15(9-7-12)26(24,25)22-14-5-3-4-13(11-14)17(18,19)20/h2-9,11,22H,1,10H2,(H,21,23). The Hall–Kier alpha value is -2.81. The first-order chi connectivity index (χ1) is 12.1. The molecule has 138 valence electrons. The second kappa shape index (κ2) is 7.61. The van der Waals surface area contributed by atoms with Crippen molar-refractivity contribution >= 4 is 21.6 Å².